The highest BCUT2D eigenvalue weighted by Gasteiger charge is 2.54. The lowest BCUT2D eigenvalue weighted by atomic mass is 9.65. The van der Waals surface area contributed by atoms with Crippen LogP contribution in [0.4, 0.5) is 22.7 Å². The van der Waals surface area contributed by atoms with Crippen molar-refractivity contribution in [2.45, 2.75) is 15.2 Å². The lowest BCUT2D eigenvalue weighted by Crippen LogP contribution is -2.34. The van der Waals surface area contributed by atoms with Gasteiger partial charge in [0.1, 0.15) is 11.5 Å². The van der Waals surface area contributed by atoms with Crippen LogP contribution in [0.2, 0.25) is 0 Å². The van der Waals surface area contributed by atoms with Gasteiger partial charge in [0, 0.05) is 38.1 Å². The van der Waals surface area contributed by atoms with Gasteiger partial charge in [-0.2, -0.15) is 5.26 Å². The third kappa shape index (κ3) is 4.20. The first-order chi connectivity index (χ1) is 28.2. The van der Waals surface area contributed by atoms with Crippen molar-refractivity contribution in [2.24, 2.45) is 0 Å². The van der Waals surface area contributed by atoms with Crippen LogP contribution in [0.15, 0.2) is 168 Å². The number of aromatic nitrogens is 3. The number of para-hydroxylation sites is 3. The molecule has 9 aromatic rings. The number of benzene rings is 6. The van der Waals surface area contributed by atoms with E-state index in [0.717, 1.165) is 99.5 Å². The van der Waals surface area contributed by atoms with E-state index in [9.17, 15) is 5.26 Å². The number of pyridine rings is 2. The van der Waals surface area contributed by atoms with Crippen LogP contribution in [-0.4, -0.2) is 14.5 Å². The minimum absolute atomic E-state index is 0.598. The first-order valence-corrected chi connectivity index (χ1v) is 19.4. The van der Waals surface area contributed by atoms with E-state index in [2.05, 4.69) is 117 Å². The van der Waals surface area contributed by atoms with Crippen LogP contribution in [0.25, 0.3) is 43.7 Å². The van der Waals surface area contributed by atoms with Crippen LogP contribution < -0.4 is 9.64 Å². The molecule has 0 fully saturated rings. The predicted molar refractivity (Wildman–Crippen MR) is 224 cm³/mol. The SMILES string of the molecule is [C-]#[N+]c1ccc2c(c1)c1ccccc1n2-c1cccc2c1C1(c3ccccc3O2)c2cccnc2-c2ncc(N3c4ccccc4Sc4cc(C#N)ccc43)cc21. The molecule has 2 aliphatic heterocycles. The second-order valence-electron chi connectivity index (χ2n) is 14.4. The molecule has 3 aliphatic rings. The average Bonchev–Trinajstić information content (AvgIpc) is 3.75. The average molecular weight is 747 g/mol. The maximum atomic E-state index is 9.83. The van der Waals surface area contributed by atoms with Gasteiger partial charge in [-0.25, -0.2) is 4.85 Å². The monoisotopic (exact) mass is 746 g/mol. The van der Waals surface area contributed by atoms with Gasteiger partial charge in [-0.05, 0) is 89.8 Å². The van der Waals surface area contributed by atoms with Crippen LogP contribution >= 0.6 is 11.8 Å². The van der Waals surface area contributed by atoms with Gasteiger partial charge in [-0.1, -0.05) is 78.5 Å². The van der Waals surface area contributed by atoms with Crippen LogP contribution in [0.1, 0.15) is 27.8 Å². The van der Waals surface area contributed by atoms with Crippen LogP contribution in [0.3, 0.4) is 0 Å². The lowest BCUT2D eigenvalue weighted by molar-refractivity contribution is 0.435. The first kappa shape index (κ1) is 31.7. The van der Waals surface area contributed by atoms with Crippen molar-refractivity contribution < 1.29 is 4.74 Å². The number of rotatable bonds is 2. The molecule has 1 unspecified atom stereocenters. The molecule has 264 valence electrons. The number of fused-ring (bicyclic) bond motifs is 14. The molecule has 7 nitrogen and oxygen atoms in total. The lowest BCUT2D eigenvalue weighted by Gasteiger charge is -2.41. The molecule has 1 spiro atoms. The van der Waals surface area contributed by atoms with E-state index < -0.39 is 5.41 Å². The molecule has 0 amide bonds. The standard InChI is InChI=1S/C49H26N6OS/c1-51-30-20-22-38-33(25-30)32-10-2-4-13-37(32)55(38)41-15-8-17-43-46(41)49(34-11-3-6-16-42(34)56-43)35-12-9-23-52-47(35)48-36(49)26-31(28-53-48)54-39-14-5-7-18-44(39)57-45-24-29(27-50)19-21-40(45)54/h2-26,28H. The molecule has 8 heteroatoms. The Kier molecular flexibility index (Phi) is 6.49. The van der Waals surface area contributed by atoms with E-state index in [1.807, 2.05) is 60.9 Å². The van der Waals surface area contributed by atoms with Crippen molar-refractivity contribution in [1.82, 2.24) is 14.5 Å². The molecule has 0 bridgehead atoms. The fourth-order valence-corrected chi connectivity index (χ4v) is 10.4. The molecule has 0 saturated heterocycles. The molecular weight excluding hydrogens is 721 g/mol. The van der Waals surface area contributed by atoms with Crippen molar-refractivity contribution in [2.75, 3.05) is 4.90 Å². The minimum atomic E-state index is -0.894. The molecule has 57 heavy (non-hydrogen) atoms. The first-order valence-electron chi connectivity index (χ1n) is 18.6. The van der Waals surface area contributed by atoms with Gasteiger partial charge in [0.05, 0.1) is 75.0 Å². The maximum Gasteiger partial charge on any atom is 0.188 e. The fourth-order valence-electron chi connectivity index (χ4n) is 9.33. The summed E-state index contributed by atoms with van der Waals surface area (Å²) in [4.78, 5) is 18.5. The van der Waals surface area contributed by atoms with Crippen molar-refractivity contribution in [3.8, 4) is 34.6 Å². The van der Waals surface area contributed by atoms with Crippen molar-refractivity contribution in [3.63, 3.8) is 0 Å². The number of nitrogens with zero attached hydrogens (tertiary/aromatic N) is 6. The molecule has 1 aliphatic carbocycles. The van der Waals surface area contributed by atoms with Gasteiger partial charge >= 0.3 is 0 Å². The largest absolute Gasteiger partial charge is 0.457 e. The third-order valence-corrected chi connectivity index (χ3v) is 12.7. The summed E-state index contributed by atoms with van der Waals surface area (Å²) in [7, 11) is 0. The molecule has 0 N–H and O–H groups in total. The maximum absolute atomic E-state index is 9.83. The van der Waals surface area contributed by atoms with Crippen LogP contribution in [-0.2, 0) is 5.41 Å². The Bertz CT molecular complexity index is 3320. The second kappa shape index (κ2) is 11.7. The molecule has 3 aromatic heterocycles. The Hall–Kier alpha value is -7.65. The molecule has 5 heterocycles. The zero-order valence-corrected chi connectivity index (χ0v) is 30.8. The summed E-state index contributed by atoms with van der Waals surface area (Å²) in [5.74, 6) is 1.52. The summed E-state index contributed by atoms with van der Waals surface area (Å²) in [6.45, 7) is 7.80. The van der Waals surface area contributed by atoms with Crippen molar-refractivity contribution >= 4 is 56.3 Å². The highest BCUT2D eigenvalue weighted by atomic mass is 32.2. The van der Waals surface area contributed by atoms with Gasteiger partial charge in [-0.3, -0.25) is 9.97 Å². The Labute approximate surface area is 331 Å². The molecule has 12 rings (SSSR count). The zero-order chi connectivity index (χ0) is 37.8. The van der Waals surface area contributed by atoms with E-state index in [-0.39, 0.29) is 0 Å². The Morgan fingerprint density at radius 1 is 0.649 bits per heavy atom. The summed E-state index contributed by atoms with van der Waals surface area (Å²) in [5, 5.41) is 11.9. The minimum Gasteiger partial charge on any atom is -0.457 e. The second-order valence-corrected chi connectivity index (χ2v) is 15.4. The van der Waals surface area contributed by atoms with Crippen molar-refractivity contribution in [1.29, 1.82) is 5.26 Å². The summed E-state index contributed by atoms with van der Waals surface area (Å²) < 4.78 is 9.24. The number of nitriles is 1. The van der Waals surface area contributed by atoms with Gasteiger partial charge in [0.2, 0.25) is 0 Å². The van der Waals surface area contributed by atoms with E-state index in [0.29, 0.717) is 11.3 Å². The van der Waals surface area contributed by atoms with Gasteiger partial charge in [-0.15, -0.1) is 0 Å². The Morgan fingerprint density at radius 2 is 1.42 bits per heavy atom. The third-order valence-electron chi connectivity index (χ3n) is 11.5. The summed E-state index contributed by atoms with van der Waals surface area (Å²) >= 11 is 1.67. The fraction of sp³-hybridized carbons (Fsp3) is 0.0204. The Balaban J connectivity index is 1.20. The van der Waals surface area contributed by atoms with E-state index in [4.69, 9.17) is 21.3 Å². The summed E-state index contributed by atoms with van der Waals surface area (Å²) in [5.41, 5.74) is 11.9. The number of ether oxygens (including phenoxy) is 1. The highest BCUT2D eigenvalue weighted by molar-refractivity contribution is 7.99. The number of anilines is 3. The molecule has 1 atom stereocenters. The Morgan fingerprint density at radius 3 is 2.35 bits per heavy atom. The van der Waals surface area contributed by atoms with Crippen LogP contribution in [0, 0.1) is 17.9 Å². The van der Waals surface area contributed by atoms with Gasteiger partial charge in [0.25, 0.3) is 0 Å². The molecule has 0 saturated carbocycles. The molecule has 6 aromatic carbocycles. The van der Waals surface area contributed by atoms with E-state index in [1.165, 1.54) is 0 Å². The number of hydrogen-bond donors (Lipinski definition) is 0. The summed E-state index contributed by atoms with van der Waals surface area (Å²) in [6, 6.07) is 52.1. The molecule has 0 radical (unpaired) electrons. The van der Waals surface area contributed by atoms with Crippen molar-refractivity contribution in [3.05, 3.63) is 197 Å². The van der Waals surface area contributed by atoms with E-state index in [1.54, 1.807) is 11.8 Å². The zero-order valence-electron chi connectivity index (χ0n) is 30.0. The van der Waals surface area contributed by atoms with Gasteiger partial charge in [0.15, 0.2) is 5.69 Å². The normalized spacial score (nSPS) is 15.4. The van der Waals surface area contributed by atoms with Gasteiger partial charge < -0.3 is 14.2 Å². The predicted octanol–water partition coefficient (Wildman–Crippen LogP) is 12.4. The highest BCUT2D eigenvalue weighted by Crippen LogP contribution is 2.64. The van der Waals surface area contributed by atoms with Crippen LogP contribution in [0.5, 0.6) is 11.5 Å². The molecular formula is C49H26N6OS. The quantitative estimate of drug-likeness (QED) is 0.164. The van der Waals surface area contributed by atoms with E-state index >= 15 is 0 Å². The summed E-state index contributed by atoms with van der Waals surface area (Å²) in [6.07, 6.45) is 3.79. The topological polar surface area (TPSA) is 71.3 Å². The smallest absolute Gasteiger partial charge is 0.188 e. The number of hydrogen-bond acceptors (Lipinski definition) is 6.